The van der Waals surface area contributed by atoms with E-state index in [1.54, 1.807) is 0 Å². The lowest BCUT2D eigenvalue weighted by Crippen LogP contribution is -2.24. The van der Waals surface area contributed by atoms with Gasteiger partial charge in [0.05, 0.1) is 18.0 Å². The number of hydrogen-bond donors (Lipinski definition) is 1. The minimum Gasteiger partial charge on any atom is -0.447 e. The zero-order chi connectivity index (χ0) is 16.2. The maximum absolute atomic E-state index is 13.8. The van der Waals surface area contributed by atoms with E-state index in [2.05, 4.69) is 4.72 Å². The Morgan fingerprint density at radius 3 is 2.77 bits per heavy atom. The number of nitrogens with one attached hydrogen (secondary N) is 1. The van der Waals surface area contributed by atoms with Crippen LogP contribution < -0.4 is 9.62 Å². The molecular weight excluding hydrogens is 335 g/mol. The molecule has 0 spiro atoms. The molecule has 1 aliphatic rings. The van der Waals surface area contributed by atoms with Gasteiger partial charge in [0.25, 0.3) is 0 Å². The molecule has 0 aromatic heterocycles. The van der Waals surface area contributed by atoms with E-state index in [9.17, 15) is 17.6 Å². The molecule has 6 nitrogen and oxygen atoms in total. The molecule has 0 radical (unpaired) electrons. The molecule has 1 saturated heterocycles. The van der Waals surface area contributed by atoms with Gasteiger partial charge in [-0.05, 0) is 31.0 Å². The normalized spacial score (nSPS) is 15.0. The van der Waals surface area contributed by atoms with Gasteiger partial charge in [0, 0.05) is 11.6 Å². The number of sulfonamides is 1. The molecule has 1 N–H and O–H groups in total. The second-order valence-corrected chi connectivity index (χ2v) is 6.97. The van der Waals surface area contributed by atoms with Crippen LogP contribution >= 0.6 is 11.6 Å². The highest BCUT2D eigenvalue weighted by Crippen LogP contribution is 2.25. The van der Waals surface area contributed by atoms with Crippen molar-refractivity contribution in [1.82, 2.24) is 0 Å². The van der Waals surface area contributed by atoms with Crippen LogP contribution in [0.5, 0.6) is 0 Å². The molecule has 0 aliphatic carbocycles. The maximum Gasteiger partial charge on any atom is 0.414 e. The van der Waals surface area contributed by atoms with Crippen molar-refractivity contribution < 1.29 is 22.3 Å². The standard InChI is InChI=1S/C13H16ClFN2O4S/c14-5-1-2-8-22(19,20)16-12-9-10(3-4-11(12)15)17-6-7-21-13(17)18/h3-4,9,16H,1-2,5-8H2. The first-order chi connectivity index (χ1) is 10.4. The van der Waals surface area contributed by atoms with E-state index in [4.69, 9.17) is 16.3 Å². The number of carbonyl (C=O) groups excluding carboxylic acids is 1. The van der Waals surface area contributed by atoms with Crippen LogP contribution in [0.2, 0.25) is 0 Å². The molecule has 1 fully saturated rings. The van der Waals surface area contributed by atoms with Crippen molar-refractivity contribution in [2.45, 2.75) is 12.8 Å². The number of unbranched alkanes of at least 4 members (excludes halogenated alkanes) is 1. The highest BCUT2D eigenvalue weighted by molar-refractivity contribution is 7.92. The Labute approximate surface area is 133 Å². The summed E-state index contributed by atoms with van der Waals surface area (Å²) in [7, 11) is -3.67. The van der Waals surface area contributed by atoms with Crippen molar-refractivity contribution in [3.05, 3.63) is 24.0 Å². The summed E-state index contributed by atoms with van der Waals surface area (Å²) in [6, 6.07) is 3.78. The van der Waals surface area contributed by atoms with Gasteiger partial charge in [0.1, 0.15) is 12.4 Å². The molecule has 0 unspecified atom stereocenters. The topological polar surface area (TPSA) is 75.7 Å². The third-order valence-electron chi connectivity index (χ3n) is 3.08. The van der Waals surface area contributed by atoms with Crippen LogP contribution in [0.15, 0.2) is 18.2 Å². The SMILES string of the molecule is O=C1OCCN1c1ccc(F)c(NS(=O)(=O)CCCCCl)c1. The highest BCUT2D eigenvalue weighted by atomic mass is 35.5. The largest absolute Gasteiger partial charge is 0.447 e. The van der Waals surface area contributed by atoms with Crippen molar-refractivity contribution >= 4 is 39.1 Å². The summed E-state index contributed by atoms with van der Waals surface area (Å²) in [6.45, 7) is 0.585. The molecule has 0 saturated carbocycles. The van der Waals surface area contributed by atoms with Gasteiger partial charge in [-0.15, -0.1) is 11.6 Å². The number of cyclic esters (lactones) is 1. The van der Waals surface area contributed by atoms with Crippen LogP contribution in [0.1, 0.15) is 12.8 Å². The molecule has 122 valence electrons. The third-order valence-corrected chi connectivity index (χ3v) is 4.71. The molecule has 1 amide bonds. The summed E-state index contributed by atoms with van der Waals surface area (Å²) in [5, 5.41) is 0. The zero-order valence-corrected chi connectivity index (χ0v) is 13.3. The molecule has 22 heavy (non-hydrogen) atoms. The van der Waals surface area contributed by atoms with Gasteiger partial charge in [-0.3, -0.25) is 9.62 Å². The summed E-state index contributed by atoms with van der Waals surface area (Å²) in [4.78, 5) is 12.8. The minimum absolute atomic E-state index is 0.144. The number of benzene rings is 1. The Kier molecular flexibility index (Phi) is 5.47. The van der Waals surface area contributed by atoms with Gasteiger partial charge >= 0.3 is 6.09 Å². The lowest BCUT2D eigenvalue weighted by atomic mass is 10.2. The third kappa shape index (κ3) is 4.23. The van der Waals surface area contributed by atoms with Crippen molar-refractivity contribution in [3.8, 4) is 0 Å². The predicted octanol–water partition coefficient (Wildman–Crippen LogP) is 2.54. The van der Waals surface area contributed by atoms with Crippen LogP contribution in [0.4, 0.5) is 20.6 Å². The Morgan fingerprint density at radius 2 is 2.14 bits per heavy atom. The summed E-state index contributed by atoms with van der Waals surface area (Å²) in [5.41, 5.74) is 0.186. The van der Waals surface area contributed by atoms with E-state index >= 15 is 0 Å². The number of carbonyl (C=O) groups is 1. The maximum atomic E-state index is 13.8. The molecule has 1 aliphatic heterocycles. The number of rotatable bonds is 7. The first-order valence-corrected chi connectivity index (χ1v) is 8.92. The van der Waals surface area contributed by atoms with Gasteiger partial charge in [-0.2, -0.15) is 0 Å². The molecule has 2 rings (SSSR count). The van der Waals surface area contributed by atoms with E-state index in [1.165, 1.54) is 17.0 Å². The van der Waals surface area contributed by atoms with E-state index < -0.39 is 21.9 Å². The predicted molar refractivity (Wildman–Crippen MR) is 82.5 cm³/mol. The lowest BCUT2D eigenvalue weighted by Gasteiger charge is -2.15. The first kappa shape index (κ1) is 16.8. The number of ether oxygens (including phenoxy) is 1. The summed E-state index contributed by atoms with van der Waals surface area (Å²) in [5.74, 6) is -0.483. The molecule has 0 atom stereocenters. The number of alkyl halides is 1. The lowest BCUT2D eigenvalue weighted by molar-refractivity contribution is 0.181. The van der Waals surface area contributed by atoms with Crippen molar-refractivity contribution in [2.24, 2.45) is 0 Å². The Balaban J connectivity index is 2.15. The zero-order valence-electron chi connectivity index (χ0n) is 11.7. The number of hydrogen-bond acceptors (Lipinski definition) is 4. The molecule has 1 heterocycles. The van der Waals surface area contributed by atoms with Crippen LogP contribution in [-0.2, 0) is 14.8 Å². The Bertz CT molecular complexity index is 653. The second kappa shape index (κ2) is 7.15. The quantitative estimate of drug-likeness (QED) is 0.605. The van der Waals surface area contributed by atoms with Gasteiger partial charge in [-0.25, -0.2) is 17.6 Å². The molecular formula is C13H16ClFN2O4S. The van der Waals surface area contributed by atoms with Gasteiger partial charge in [0.15, 0.2) is 0 Å². The number of halogens is 2. The molecule has 0 bridgehead atoms. The van der Waals surface area contributed by atoms with Crippen molar-refractivity contribution in [2.75, 3.05) is 34.4 Å². The fourth-order valence-electron chi connectivity index (χ4n) is 1.99. The van der Waals surface area contributed by atoms with E-state index in [1.807, 2.05) is 0 Å². The van der Waals surface area contributed by atoms with Crippen LogP contribution in [0, 0.1) is 5.82 Å². The van der Waals surface area contributed by atoms with E-state index in [0.717, 1.165) is 6.07 Å². The van der Waals surface area contributed by atoms with Gasteiger partial charge in [0.2, 0.25) is 10.0 Å². The molecule has 9 heteroatoms. The Morgan fingerprint density at radius 1 is 1.36 bits per heavy atom. The van der Waals surface area contributed by atoms with Crippen LogP contribution in [0.25, 0.3) is 0 Å². The van der Waals surface area contributed by atoms with Crippen LogP contribution in [0.3, 0.4) is 0 Å². The van der Waals surface area contributed by atoms with E-state index in [0.29, 0.717) is 31.0 Å². The monoisotopic (exact) mass is 350 g/mol. The fourth-order valence-corrected chi connectivity index (χ4v) is 3.36. The van der Waals surface area contributed by atoms with E-state index in [-0.39, 0.29) is 18.0 Å². The average molecular weight is 351 g/mol. The average Bonchev–Trinajstić information content (AvgIpc) is 2.87. The van der Waals surface area contributed by atoms with Crippen LogP contribution in [-0.4, -0.2) is 39.3 Å². The number of anilines is 2. The molecule has 1 aromatic carbocycles. The number of amides is 1. The summed E-state index contributed by atoms with van der Waals surface area (Å²) < 4.78 is 44.6. The van der Waals surface area contributed by atoms with Crippen molar-refractivity contribution in [1.29, 1.82) is 0 Å². The minimum atomic E-state index is -3.67. The second-order valence-electron chi connectivity index (χ2n) is 4.75. The number of nitrogens with zero attached hydrogens (tertiary/aromatic N) is 1. The molecule has 1 aromatic rings. The van der Waals surface area contributed by atoms with Crippen molar-refractivity contribution in [3.63, 3.8) is 0 Å². The Hall–Kier alpha value is -1.54. The van der Waals surface area contributed by atoms with Gasteiger partial charge < -0.3 is 4.74 Å². The first-order valence-electron chi connectivity index (χ1n) is 6.73. The summed E-state index contributed by atoms with van der Waals surface area (Å²) >= 11 is 5.50. The smallest absolute Gasteiger partial charge is 0.414 e. The van der Waals surface area contributed by atoms with Gasteiger partial charge in [-0.1, -0.05) is 0 Å². The highest BCUT2D eigenvalue weighted by Gasteiger charge is 2.24. The fraction of sp³-hybridized carbons (Fsp3) is 0.462. The summed E-state index contributed by atoms with van der Waals surface area (Å²) in [6.07, 6.45) is 0.408.